The molecule has 0 bridgehead atoms. The summed E-state index contributed by atoms with van der Waals surface area (Å²) in [6.45, 7) is 6.34. The fourth-order valence-electron chi connectivity index (χ4n) is 2.75. The standard InChI is InChI=1S/C16H22N4O/c1-11(2)19-14-5-8-18-10-13(14)16-9-15(20-21-16)12-3-6-17-7-4-12/h5,8-12,17H,3-4,6-7H2,1-2H3,(H,18,19). The Bertz CT molecular complexity index is 587. The largest absolute Gasteiger partial charge is 0.382 e. The zero-order valence-corrected chi connectivity index (χ0v) is 12.6. The Labute approximate surface area is 125 Å². The highest BCUT2D eigenvalue weighted by molar-refractivity contribution is 5.73. The number of nitrogens with one attached hydrogen (secondary N) is 2. The highest BCUT2D eigenvalue weighted by Crippen LogP contribution is 2.32. The second-order valence-corrected chi connectivity index (χ2v) is 5.86. The van der Waals surface area contributed by atoms with Crippen LogP contribution in [0.4, 0.5) is 5.69 Å². The Morgan fingerprint density at radius 2 is 2.14 bits per heavy atom. The van der Waals surface area contributed by atoms with Gasteiger partial charge in [0.2, 0.25) is 0 Å². The number of aromatic nitrogens is 2. The molecule has 2 aromatic heterocycles. The van der Waals surface area contributed by atoms with Crippen molar-refractivity contribution in [1.29, 1.82) is 0 Å². The fraction of sp³-hybridized carbons (Fsp3) is 0.500. The lowest BCUT2D eigenvalue weighted by Gasteiger charge is -2.19. The molecule has 3 rings (SSSR count). The van der Waals surface area contributed by atoms with Gasteiger partial charge < -0.3 is 15.2 Å². The summed E-state index contributed by atoms with van der Waals surface area (Å²) >= 11 is 0. The third kappa shape index (κ3) is 3.24. The van der Waals surface area contributed by atoms with Gasteiger partial charge in [-0.05, 0) is 45.8 Å². The molecule has 3 heterocycles. The van der Waals surface area contributed by atoms with Gasteiger partial charge in [0.25, 0.3) is 0 Å². The zero-order chi connectivity index (χ0) is 14.7. The lowest BCUT2D eigenvalue weighted by molar-refractivity contribution is 0.392. The molecular weight excluding hydrogens is 264 g/mol. The molecule has 1 fully saturated rings. The van der Waals surface area contributed by atoms with Crippen molar-refractivity contribution in [3.63, 3.8) is 0 Å². The number of anilines is 1. The SMILES string of the molecule is CC(C)Nc1ccncc1-c1cc(C2CCNCC2)no1. The van der Waals surface area contributed by atoms with Gasteiger partial charge >= 0.3 is 0 Å². The molecule has 0 aromatic carbocycles. The average Bonchev–Trinajstić information content (AvgIpc) is 2.98. The lowest BCUT2D eigenvalue weighted by atomic mass is 9.94. The molecular formula is C16H22N4O. The van der Waals surface area contributed by atoms with E-state index in [0.717, 1.165) is 48.6 Å². The van der Waals surface area contributed by atoms with Crippen LogP contribution >= 0.6 is 0 Å². The van der Waals surface area contributed by atoms with Gasteiger partial charge in [-0.25, -0.2) is 0 Å². The van der Waals surface area contributed by atoms with Gasteiger partial charge in [0.05, 0.1) is 11.3 Å². The second kappa shape index (κ2) is 6.26. The van der Waals surface area contributed by atoms with Crippen LogP contribution in [-0.4, -0.2) is 29.3 Å². The van der Waals surface area contributed by atoms with Crippen LogP contribution in [0.2, 0.25) is 0 Å². The predicted octanol–water partition coefficient (Wildman–Crippen LogP) is 3.02. The van der Waals surface area contributed by atoms with Gasteiger partial charge in [0, 0.05) is 36.1 Å². The minimum absolute atomic E-state index is 0.359. The van der Waals surface area contributed by atoms with Crippen molar-refractivity contribution < 1.29 is 4.52 Å². The summed E-state index contributed by atoms with van der Waals surface area (Å²) in [4.78, 5) is 4.21. The predicted molar refractivity (Wildman–Crippen MR) is 83.3 cm³/mol. The minimum Gasteiger partial charge on any atom is -0.382 e. The fourth-order valence-corrected chi connectivity index (χ4v) is 2.75. The molecule has 0 spiro atoms. The number of nitrogens with zero attached hydrogens (tertiary/aromatic N) is 2. The molecule has 0 aliphatic carbocycles. The average molecular weight is 286 g/mol. The monoisotopic (exact) mass is 286 g/mol. The molecule has 2 aromatic rings. The van der Waals surface area contributed by atoms with Crippen LogP contribution in [0.1, 0.15) is 38.3 Å². The molecule has 1 aliphatic rings. The van der Waals surface area contributed by atoms with Crippen LogP contribution in [0.3, 0.4) is 0 Å². The summed E-state index contributed by atoms with van der Waals surface area (Å²) in [7, 11) is 0. The van der Waals surface area contributed by atoms with Crippen LogP contribution in [0.25, 0.3) is 11.3 Å². The van der Waals surface area contributed by atoms with Crippen LogP contribution in [-0.2, 0) is 0 Å². The van der Waals surface area contributed by atoms with E-state index in [1.807, 2.05) is 12.3 Å². The van der Waals surface area contributed by atoms with Gasteiger partial charge in [0.1, 0.15) is 0 Å². The van der Waals surface area contributed by atoms with E-state index in [2.05, 4.69) is 40.7 Å². The highest BCUT2D eigenvalue weighted by atomic mass is 16.5. The molecule has 0 unspecified atom stereocenters. The van der Waals surface area contributed by atoms with E-state index in [9.17, 15) is 0 Å². The van der Waals surface area contributed by atoms with Crippen molar-refractivity contribution in [2.45, 2.75) is 38.6 Å². The van der Waals surface area contributed by atoms with Crippen molar-refractivity contribution in [3.8, 4) is 11.3 Å². The molecule has 5 heteroatoms. The molecule has 1 saturated heterocycles. The summed E-state index contributed by atoms with van der Waals surface area (Å²) in [5, 5.41) is 11.1. The van der Waals surface area contributed by atoms with E-state index in [-0.39, 0.29) is 0 Å². The van der Waals surface area contributed by atoms with E-state index in [1.165, 1.54) is 0 Å². The van der Waals surface area contributed by atoms with E-state index in [1.54, 1.807) is 6.20 Å². The third-order valence-corrected chi connectivity index (χ3v) is 3.82. The van der Waals surface area contributed by atoms with Gasteiger partial charge in [0.15, 0.2) is 5.76 Å². The summed E-state index contributed by atoms with van der Waals surface area (Å²) in [6.07, 6.45) is 5.86. The Hall–Kier alpha value is -1.88. The van der Waals surface area contributed by atoms with Gasteiger partial charge in [-0.3, -0.25) is 4.98 Å². The van der Waals surface area contributed by atoms with Crippen molar-refractivity contribution in [2.24, 2.45) is 0 Å². The van der Waals surface area contributed by atoms with Crippen molar-refractivity contribution in [3.05, 3.63) is 30.2 Å². The highest BCUT2D eigenvalue weighted by Gasteiger charge is 2.20. The number of pyridine rings is 1. The minimum atomic E-state index is 0.359. The zero-order valence-electron chi connectivity index (χ0n) is 12.6. The van der Waals surface area contributed by atoms with Crippen LogP contribution in [0.15, 0.2) is 29.0 Å². The first-order valence-electron chi connectivity index (χ1n) is 7.62. The van der Waals surface area contributed by atoms with Crippen molar-refractivity contribution >= 4 is 5.69 Å². The molecule has 112 valence electrons. The van der Waals surface area contributed by atoms with Crippen molar-refractivity contribution in [1.82, 2.24) is 15.5 Å². The molecule has 1 aliphatic heterocycles. The third-order valence-electron chi connectivity index (χ3n) is 3.82. The summed E-state index contributed by atoms with van der Waals surface area (Å²) in [5.41, 5.74) is 3.07. The Morgan fingerprint density at radius 3 is 2.90 bits per heavy atom. The molecule has 0 atom stereocenters. The van der Waals surface area contributed by atoms with Crippen LogP contribution in [0, 0.1) is 0 Å². The molecule has 0 radical (unpaired) electrons. The van der Waals surface area contributed by atoms with Gasteiger partial charge in [-0.1, -0.05) is 5.16 Å². The van der Waals surface area contributed by atoms with Gasteiger partial charge in [-0.2, -0.15) is 0 Å². The van der Waals surface area contributed by atoms with E-state index in [4.69, 9.17) is 4.52 Å². The number of piperidine rings is 1. The Balaban J connectivity index is 1.85. The Morgan fingerprint density at radius 1 is 1.33 bits per heavy atom. The number of hydrogen-bond acceptors (Lipinski definition) is 5. The first-order valence-corrected chi connectivity index (χ1v) is 7.62. The quantitative estimate of drug-likeness (QED) is 0.904. The lowest BCUT2D eigenvalue weighted by Crippen LogP contribution is -2.26. The molecule has 0 amide bonds. The number of hydrogen-bond donors (Lipinski definition) is 2. The summed E-state index contributed by atoms with van der Waals surface area (Å²) < 4.78 is 5.58. The van der Waals surface area contributed by atoms with Crippen LogP contribution < -0.4 is 10.6 Å². The first-order chi connectivity index (χ1) is 10.2. The normalized spacial score (nSPS) is 16.3. The molecule has 0 saturated carbocycles. The maximum absolute atomic E-state index is 5.58. The van der Waals surface area contributed by atoms with Crippen LogP contribution in [0.5, 0.6) is 0 Å². The van der Waals surface area contributed by atoms with E-state index in [0.29, 0.717) is 12.0 Å². The van der Waals surface area contributed by atoms with Gasteiger partial charge in [-0.15, -0.1) is 0 Å². The van der Waals surface area contributed by atoms with E-state index < -0.39 is 0 Å². The van der Waals surface area contributed by atoms with Crippen molar-refractivity contribution in [2.75, 3.05) is 18.4 Å². The maximum atomic E-state index is 5.58. The smallest absolute Gasteiger partial charge is 0.170 e. The maximum Gasteiger partial charge on any atom is 0.170 e. The number of rotatable bonds is 4. The second-order valence-electron chi connectivity index (χ2n) is 5.86. The molecule has 5 nitrogen and oxygen atoms in total. The first kappa shape index (κ1) is 14.1. The Kier molecular flexibility index (Phi) is 4.20. The topological polar surface area (TPSA) is 63.0 Å². The van der Waals surface area contributed by atoms with E-state index >= 15 is 0 Å². The summed E-state index contributed by atoms with van der Waals surface area (Å²) in [5.74, 6) is 1.29. The summed E-state index contributed by atoms with van der Waals surface area (Å²) in [6, 6.07) is 4.40. The molecule has 2 N–H and O–H groups in total. The molecule has 21 heavy (non-hydrogen) atoms.